The van der Waals surface area contributed by atoms with E-state index in [1.165, 1.54) is 6.07 Å². The maximum Gasteiger partial charge on any atom is 0.266 e. The summed E-state index contributed by atoms with van der Waals surface area (Å²) >= 11 is 0. The fourth-order valence-corrected chi connectivity index (χ4v) is 2.88. The highest BCUT2D eigenvalue weighted by atomic mass is 32.2. The number of rotatable bonds is 3. The Morgan fingerprint density at radius 3 is 2.53 bits per heavy atom. The molecule has 0 N–H and O–H groups in total. The van der Waals surface area contributed by atoms with Crippen LogP contribution in [0.5, 0.6) is 0 Å². The highest BCUT2D eigenvalue weighted by Crippen LogP contribution is 2.29. The van der Waals surface area contributed by atoms with E-state index in [1.807, 2.05) is 4.90 Å². The maximum absolute atomic E-state index is 11.8. The molecule has 6 nitrogen and oxygen atoms in total. The second kappa shape index (κ2) is 4.65. The predicted octanol–water partition coefficient (Wildman–Crippen LogP) is 2.29. The molecular formula is C10H12N4O2S. The predicted molar refractivity (Wildman–Crippen MR) is 64.2 cm³/mol. The van der Waals surface area contributed by atoms with Crippen LogP contribution in [0.1, 0.15) is 12.8 Å². The molecule has 1 fully saturated rings. The minimum absolute atomic E-state index is 0.0831. The van der Waals surface area contributed by atoms with Crippen molar-refractivity contribution in [3.05, 3.63) is 34.7 Å². The Kier molecular flexibility index (Phi) is 3.21. The number of hydrogen-bond donors (Lipinski definition) is 0. The highest BCUT2D eigenvalue weighted by Gasteiger charge is 2.22. The Morgan fingerprint density at radius 1 is 1.24 bits per heavy atom. The average molecular weight is 252 g/mol. The monoisotopic (exact) mass is 252 g/mol. The fourth-order valence-electron chi connectivity index (χ4n) is 1.99. The largest absolute Gasteiger partial charge is 0.370 e. The molecule has 7 heteroatoms. The van der Waals surface area contributed by atoms with Gasteiger partial charge in [0.2, 0.25) is 0 Å². The van der Waals surface area contributed by atoms with E-state index >= 15 is 0 Å². The van der Waals surface area contributed by atoms with Crippen LogP contribution in [0.4, 0.5) is 5.69 Å². The number of anilines is 1. The summed E-state index contributed by atoms with van der Waals surface area (Å²) < 4.78 is 26.4. The minimum Gasteiger partial charge on any atom is -0.370 e. The molecule has 2 rings (SSSR count). The number of para-hydroxylation sites is 1. The highest BCUT2D eigenvalue weighted by molar-refractivity contribution is 7.90. The Labute approximate surface area is 99.5 Å². The summed E-state index contributed by atoms with van der Waals surface area (Å²) in [6.07, 6.45) is 2.10. The molecule has 0 amide bonds. The van der Waals surface area contributed by atoms with Crippen molar-refractivity contribution in [1.29, 1.82) is 0 Å². The lowest BCUT2D eigenvalue weighted by Gasteiger charge is -2.19. The van der Waals surface area contributed by atoms with Gasteiger partial charge in [-0.3, -0.25) is 0 Å². The molecule has 1 aromatic rings. The SMILES string of the molecule is [N-]=[N+]=NS(=O)(=O)c1ccccc1N1CCCC1. The van der Waals surface area contributed by atoms with Gasteiger partial charge in [-0.05, 0) is 30.5 Å². The third-order valence-electron chi connectivity index (χ3n) is 2.73. The summed E-state index contributed by atoms with van der Waals surface area (Å²) in [5.41, 5.74) is 8.91. The average Bonchev–Trinajstić information content (AvgIpc) is 2.82. The van der Waals surface area contributed by atoms with Gasteiger partial charge in [0.05, 0.1) is 10.6 Å². The molecule has 0 radical (unpaired) electrons. The quantitative estimate of drug-likeness (QED) is 0.469. The Balaban J connectivity index is 2.50. The van der Waals surface area contributed by atoms with E-state index < -0.39 is 10.0 Å². The van der Waals surface area contributed by atoms with Gasteiger partial charge in [-0.1, -0.05) is 12.1 Å². The molecule has 0 spiro atoms. The molecule has 0 unspecified atom stereocenters. The molecule has 0 aromatic heterocycles. The van der Waals surface area contributed by atoms with Crippen molar-refractivity contribution >= 4 is 15.7 Å². The summed E-state index contributed by atoms with van der Waals surface area (Å²) in [5, 5.41) is 0. The smallest absolute Gasteiger partial charge is 0.266 e. The molecule has 1 aliphatic heterocycles. The van der Waals surface area contributed by atoms with Crippen molar-refractivity contribution in [1.82, 2.24) is 0 Å². The molecule has 1 saturated heterocycles. The van der Waals surface area contributed by atoms with Gasteiger partial charge in [0, 0.05) is 22.5 Å². The van der Waals surface area contributed by atoms with E-state index in [-0.39, 0.29) is 4.90 Å². The van der Waals surface area contributed by atoms with Crippen molar-refractivity contribution in [2.75, 3.05) is 18.0 Å². The third-order valence-corrected chi connectivity index (χ3v) is 3.92. The second-order valence-electron chi connectivity index (χ2n) is 3.81. The number of sulfonamides is 1. The summed E-state index contributed by atoms with van der Waals surface area (Å²) in [6, 6.07) is 6.62. The number of nitrogens with zero attached hydrogens (tertiary/aromatic N) is 4. The van der Waals surface area contributed by atoms with Crippen LogP contribution in [0.2, 0.25) is 0 Å². The van der Waals surface area contributed by atoms with E-state index in [1.54, 1.807) is 18.2 Å². The minimum atomic E-state index is -3.91. The number of benzene rings is 1. The summed E-state index contributed by atoms with van der Waals surface area (Å²) in [6.45, 7) is 1.67. The zero-order valence-electron chi connectivity index (χ0n) is 9.15. The fraction of sp³-hybridized carbons (Fsp3) is 0.400. The summed E-state index contributed by atoms with van der Waals surface area (Å²) in [4.78, 5) is 4.45. The first-order valence-electron chi connectivity index (χ1n) is 5.30. The molecule has 0 bridgehead atoms. The van der Waals surface area contributed by atoms with Crippen LogP contribution >= 0.6 is 0 Å². The van der Waals surface area contributed by atoms with E-state index in [9.17, 15) is 8.42 Å². The Bertz CT molecular complexity index is 557. The van der Waals surface area contributed by atoms with Gasteiger partial charge in [-0.2, -0.15) is 0 Å². The lowest BCUT2D eigenvalue weighted by molar-refractivity contribution is 0.597. The van der Waals surface area contributed by atoms with Gasteiger partial charge in [-0.25, -0.2) is 8.42 Å². The van der Waals surface area contributed by atoms with Gasteiger partial charge in [0.25, 0.3) is 10.0 Å². The lowest BCUT2D eigenvalue weighted by Crippen LogP contribution is -2.19. The zero-order valence-corrected chi connectivity index (χ0v) is 9.97. The van der Waals surface area contributed by atoms with Gasteiger partial charge < -0.3 is 4.90 Å². The maximum atomic E-state index is 11.8. The number of azide groups is 1. The van der Waals surface area contributed by atoms with E-state index in [2.05, 4.69) is 9.43 Å². The van der Waals surface area contributed by atoms with Crippen LogP contribution in [-0.2, 0) is 10.0 Å². The van der Waals surface area contributed by atoms with Crippen LogP contribution in [0.25, 0.3) is 10.4 Å². The van der Waals surface area contributed by atoms with Crippen LogP contribution in [0.3, 0.4) is 0 Å². The normalized spacial score (nSPS) is 15.6. The standard InChI is InChI=1S/C10H12N4O2S/c11-12-13-17(15,16)10-6-2-1-5-9(10)14-7-3-4-8-14/h1-2,5-6H,3-4,7-8H2. The van der Waals surface area contributed by atoms with Crippen LogP contribution in [0.15, 0.2) is 33.7 Å². The van der Waals surface area contributed by atoms with Gasteiger partial charge in [0.15, 0.2) is 0 Å². The van der Waals surface area contributed by atoms with Crippen LogP contribution in [-0.4, -0.2) is 21.5 Å². The molecule has 0 saturated carbocycles. The van der Waals surface area contributed by atoms with Gasteiger partial charge in [0.1, 0.15) is 0 Å². The molecule has 17 heavy (non-hydrogen) atoms. The van der Waals surface area contributed by atoms with Crippen molar-refractivity contribution < 1.29 is 8.42 Å². The Morgan fingerprint density at radius 2 is 1.88 bits per heavy atom. The van der Waals surface area contributed by atoms with E-state index in [0.29, 0.717) is 5.69 Å². The number of hydrogen-bond acceptors (Lipinski definition) is 3. The summed E-state index contributed by atoms with van der Waals surface area (Å²) in [7, 11) is -3.91. The van der Waals surface area contributed by atoms with Gasteiger partial charge >= 0.3 is 0 Å². The zero-order chi connectivity index (χ0) is 12.3. The van der Waals surface area contributed by atoms with E-state index in [4.69, 9.17) is 5.53 Å². The lowest BCUT2D eigenvalue weighted by atomic mass is 10.3. The van der Waals surface area contributed by atoms with Crippen molar-refractivity contribution in [3.8, 4) is 0 Å². The van der Waals surface area contributed by atoms with Crippen molar-refractivity contribution in [2.24, 2.45) is 4.52 Å². The first kappa shape index (κ1) is 11.8. The second-order valence-corrected chi connectivity index (χ2v) is 5.36. The van der Waals surface area contributed by atoms with Crippen LogP contribution in [0, 0.1) is 0 Å². The van der Waals surface area contributed by atoms with E-state index in [0.717, 1.165) is 25.9 Å². The Hall–Kier alpha value is -1.72. The van der Waals surface area contributed by atoms with Gasteiger partial charge in [-0.15, -0.1) is 0 Å². The molecule has 0 atom stereocenters. The summed E-state index contributed by atoms with van der Waals surface area (Å²) in [5.74, 6) is 0. The molecule has 1 heterocycles. The first-order valence-corrected chi connectivity index (χ1v) is 6.74. The first-order chi connectivity index (χ1) is 8.15. The molecule has 90 valence electrons. The topological polar surface area (TPSA) is 86.1 Å². The molecular weight excluding hydrogens is 240 g/mol. The molecule has 1 aliphatic rings. The molecule has 1 aromatic carbocycles. The third kappa shape index (κ3) is 2.35. The van der Waals surface area contributed by atoms with Crippen LogP contribution < -0.4 is 4.90 Å². The van der Waals surface area contributed by atoms with Crippen molar-refractivity contribution in [3.63, 3.8) is 0 Å². The van der Waals surface area contributed by atoms with Crippen molar-refractivity contribution in [2.45, 2.75) is 17.7 Å². The molecule has 0 aliphatic carbocycles.